The van der Waals surface area contributed by atoms with Crippen LogP contribution in [0.2, 0.25) is 5.02 Å². The predicted molar refractivity (Wildman–Crippen MR) is 76.0 cm³/mol. The first-order valence-corrected chi connectivity index (χ1v) is 6.90. The molecular weight excluding hydrogens is 305 g/mol. The van der Waals surface area contributed by atoms with Crippen molar-refractivity contribution in [2.45, 2.75) is 38.6 Å². The van der Waals surface area contributed by atoms with E-state index in [0.29, 0.717) is 18.8 Å². The van der Waals surface area contributed by atoms with Crippen LogP contribution in [0.5, 0.6) is 0 Å². The molecule has 1 heterocycles. The lowest BCUT2D eigenvalue weighted by atomic mass is 10.0. The first-order valence-electron chi connectivity index (χ1n) is 6.53. The molecule has 0 saturated carbocycles. The highest BCUT2D eigenvalue weighted by Gasteiger charge is 2.37. The molecule has 2 N–H and O–H groups in total. The van der Waals surface area contributed by atoms with Crippen LogP contribution in [0, 0.1) is 0 Å². The number of hydrogen-bond donors (Lipinski definition) is 1. The van der Waals surface area contributed by atoms with E-state index in [1.807, 2.05) is 20.8 Å². The number of nitrogens with zero attached hydrogens (tertiary/aromatic N) is 1. The van der Waals surface area contributed by atoms with Gasteiger partial charge in [-0.3, -0.25) is 4.90 Å². The second-order valence-electron chi connectivity index (χ2n) is 6.14. The van der Waals surface area contributed by atoms with E-state index >= 15 is 0 Å². The number of nitrogens with two attached hydrogens (primary N) is 1. The molecule has 1 aromatic carbocycles. The minimum absolute atomic E-state index is 0.0994. The summed E-state index contributed by atoms with van der Waals surface area (Å²) in [6.07, 6.45) is -4.98. The van der Waals surface area contributed by atoms with Gasteiger partial charge < -0.3 is 10.5 Å². The topological polar surface area (TPSA) is 38.5 Å². The first-order chi connectivity index (χ1) is 9.50. The molecule has 1 aliphatic heterocycles. The van der Waals surface area contributed by atoms with E-state index in [1.54, 1.807) is 0 Å². The van der Waals surface area contributed by atoms with Crippen LogP contribution < -0.4 is 5.73 Å². The maximum Gasteiger partial charge on any atom is 0.418 e. The lowest BCUT2D eigenvalue weighted by molar-refractivity contribution is -0.137. The van der Waals surface area contributed by atoms with Gasteiger partial charge in [0.1, 0.15) is 6.73 Å². The smallest absolute Gasteiger partial charge is 0.397 e. The van der Waals surface area contributed by atoms with Crippen molar-refractivity contribution in [3.05, 3.63) is 28.3 Å². The fourth-order valence-electron chi connectivity index (χ4n) is 2.21. The maximum absolute atomic E-state index is 13.0. The quantitative estimate of drug-likeness (QED) is 0.792. The van der Waals surface area contributed by atoms with Gasteiger partial charge >= 0.3 is 6.18 Å². The van der Waals surface area contributed by atoms with Gasteiger partial charge in [-0.05, 0) is 38.5 Å². The molecule has 1 aromatic rings. The van der Waals surface area contributed by atoms with Gasteiger partial charge in [0.15, 0.2) is 0 Å². The summed E-state index contributed by atoms with van der Waals surface area (Å²) >= 11 is 5.84. The highest BCUT2D eigenvalue weighted by atomic mass is 35.5. The summed E-state index contributed by atoms with van der Waals surface area (Å²) in [6, 6.07) is 2.47. The van der Waals surface area contributed by atoms with Crippen molar-refractivity contribution in [1.82, 2.24) is 4.90 Å². The minimum Gasteiger partial charge on any atom is -0.397 e. The Hall–Kier alpha value is -0.980. The standard InChI is InChI=1S/C14H18ClF3N2O/c1-13(2,3)20-6-11(21-7-20)8-4-9(14(16,17)18)12(19)10(15)5-8/h4-5,11H,6-7,19H2,1-3H3. The van der Waals surface area contributed by atoms with Crippen molar-refractivity contribution in [3.63, 3.8) is 0 Å². The third-order valence-corrected chi connectivity index (χ3v) is 3.91. The number of alkyl halides is 3. The summed E-state index contributed by atoms with van der Waals surface area (Å²) < 4.78 is 44.5. The van der Waals surface area contributed by atoms with Crippen LogP contribution in [-0.2, 0) is 10.9 Å². The van der Waals surface area contributed by atoms with Gasteiger partial charge in [0, 0.05) is 12.1 Å². The molecule has 0 amide bonds. The molecule has 3 nitrogen and oxygen atoms in total. The van der Waals surface area contributed by atoms with E-state index in [9.17, 15) is 13.2 Å². The molecule has 7 heteroatoms. The molecule has 0 aromatic heterocycles. The molecule has 0 spiro atoms. The highest BCUT2D eigenvalue weighted by Crippen LogP contribution is 2.40. The van der Waals surface area contributed by atoms with E-state index in [-0.39, 0.29) is 10.6 Å². The molecular formula is C14H18ClF3N2O. The van der Waals surface area contributed by atoms with Crippen LogP contribution in [0.1, 0.15) is 38.0 Å². The molecule has 1 unspecified atom stereocenters. The van der Waals surface area contributed by atoms with Gasteiger partial charge in [-0.25, -0.2) is 0 Å². The second kappa shape index (κ2) is 5.34. The van der Waals surface area contributed by atoms with Crippen LogP contribution in [0.15, 0.2) is 12.1 Å². The van der Waals surface area contributed by atoms with Gasteiger partial charge in [0.25, 0.3) is 0 Å². The van der Waals surface area contributed by atoms with Gasteiger partial charge in [0.05, 0.1) is 22.4 Å². The zero-order valence-corrected chi connectivity index (χ0v) is 12.8. The normalized spacial score (nSPS) is 21.0. The Morgan fingerprint density at radius 1 is 1.29 bits per heavy atom. The molecule has 1 atom stereocenters. The van der Waals surface area contributed by atoms with Crippen molar-refractivity contribution < 1.29 is 17.9 Å². The number of halogens is 4. The molecule has 1 aliphatic rings. The zero-order chi connectivity index (χ0) is 16.0. The third kappa shape index (κ3) is 3.44. The summed E-state index contributed by atoms with van der Waals surface area (Å²) in [6.45, 7) is 6.96. The fraction of sp³-hybridized carbons (Fsp3) is 0.571. The Balaban J connectivity index is 2.32. The van der Waals surface area contributed by atoms with E-state index in [1.165, 1.54) is 6.07 Å². The number of hydrogen-bond acceptors (Lipinski definition) is 3. The summed E-state index contributed by atoms with van der Waals surface area (Å²) in [7, 11) is 0. The highest BCUT2D eigenvalue weighted by molar-refractivity contribution is 6.33. The monoisotopic (exact) mass is 322 g/mol. The Morgan fingerprint density at radius 3 is 2.38 bits per heavy atom. The van der Waals surface area contributed by atoms with Gasteiger partial charge in [-0.1, -0.05) is 11.6 Å². The Morgan fingerprint density at radius 2 is 1.90 bits per heavy atom. The SMILES string of the molecule is CC(C)(C)N1COC(c2cc(Cl)c(N)c(C(F)(F)F)c2)C1. The molecule has 1 fully saturated rings. The Bertz CT molecular complexity index is 540. The Kier molecular flexibility index (Phi) is 4.17. The average molecular weight is 323 g/mol. The number of rotatable bonds is 1. The summed E-state index contributed by atoms with van der Waals surface area (Å²) in [4.78, 5) is 2.05. The molecule has 2 rings (SSSR count). The predicted octanol–water partition coefficient (Wildman–Crippen LogP) is 4.07. The van der Waals surface area contributed by atoms with Crippen molar-refractivity contribution in [2.75, 3.05) is 19.0 Å². The van der Waals surface area contributed by atoms with E-state index in [4.69, 9.17) is 22.1 Å². The van der Waals surface area contributed by atoms with Crippen molar-refractivity contribution in [3.8, 4) is 0 Å². The first kappa shape index (κ1) is 16.4. The van der Waals surface area contributed by atoms with Crippen LogP contribution in [0.3, 0.4) is 0 Å². The summed E-state index contributed by atoms with van der Waals surface area (Å²) in [5, 5.41) is -0.0994. The lowest BCUT2D eigenvalue weighted by Crippen LogP contribution is -2.39. The van der Waals surface area contributed by atoms with Crippen LogP contribution in [0.25, 0.3) is 0 Å². The third-order valence-electron chi connectivity index (χ3n) is 3.60. The van der Waals surface area contributed by atoms with Crippen LogP contribution in [0.4, 0.5) is 18.9 Å². The second-order valence-corrected chi connectivity index (χ2v) is 6.55. The van der Waals surface area contributed by atoms with Crippen molar-refractivity contribution >= 4 is 17.3 Å². The van der Waals surface area contributed by atoms with Crippen molar-refractivity contribution in [1.29, 1.82) is 0 Å². The number of ether oxygens (including phenoxy) is 1. The largest absolute Gasteiger partial charge is 0.418 e. The summed E-state index contributed by atoms with van der Waals surface area (Å²) in [5.74, 6) is 0. The molecule has 21 heavy (non-hydrogen) atoms. The van der Waals surface area contributed by atoms with Gasteiger partial charge in [-0.2, -0.15) is 13.2 Å². The molecule has 0 aliphatic carbocycles. The van der Waals surface area contributed by atoms with Gasteiger partial charge in [0.2, 0.25) is 0 Å². The van der Waals surface area contributed by atoms with Crippen molar-refractivity contribution in [2.24, 2.45) is 0 Å². The number of anilines is 1. The summed E-state index contributed by atoms with van der Waals surface area (Å²) in [5.41, 5.74) is 4.35. The number of nitrogen functional groups attached to an aromatic ring is 1. The minimum atomic E-state index is -4.54. The molecule has 118 valence electrons. The molecule has 0 bridgehead atoms. The molecule has 1 saturated heterocycles. The van der Waals surface area contributed by atoms with Gasteiger partial charge in [-0.15, -0.1) is 0 Å². The lowest BCUT2D eigenvalue weighted by Gasteiger charge is -2.30. The average Bonchev–Trinajstić information content (AvgIpc) is 2.80. The maximum atomic E-state index is 13.0. The van der Waals surface area contributed by atoms with E-state index in [0.717, 1.165) is 6.07 Å². The van der Waals surface area contributed by atoms with E-state index in [2.05, 4.69) is 4.90 Å². The van der Waals surface area contributed by atoms with Crippen LogP contribution >= 0.6 is 11.6 Å². The number of benzene rings is 1. The zero-order valence-electron chi connectivity index (χ0n) is 12.1. The molecule has 0 radical (unpaired) electrons. The van der Waals surface area contributed by atoms with Crippen LogP contribution in [-0.4, -0.2) is 23.7 Å². The van der Waals surface area contributed by atoms with E-state index < -0.39 is 23.5 Å². The fourth-order valence-corrected chi connectivity index (χ4v) is 2.44. The Labute approximate surface area is 126 Å².